The molecule has 0 aliphatic carbocycles. The van der Waals surface area contributed by atoms with Crippen LogP contribution in [0.3, 0.4) is 0 Å². The van der Waals surface area contributed by atoms with Crippen LogP contribution in [-0.4, -0.2) is 41.1 Å². The van der Waals surface area contributed by atoms with Gasteiger partial charge in [-0.25, -0.2) is 0 Å². The second-order valence-electron chi connectivity index (χ2n) is 6.48. The molecule has 0 saturated heterocycles. The van der Waals surface area contributed by atoms with Crippen molar-refractivity contribution in [3.8, 4) is 17.1 Å². The molecule has 1 N–H and O–H groups in total. The smallest absolute Gasteiger partial charge is 0.241 e. The van der Waals surface area contributed by atoms with Gasteiger partial charge in [0.05, 0.1) is 25.9 Å². The first-order valence-corrected chi connectivity index (χ1v) is 9.70. The van der Waals surface area contributed by atoms with Crippen LogP contribution >= 0.6 is 11.6 Å². The zero-order chi connectivity index (χ0) is 20.6. The van der Waals surface area contributed by atoms with E-state index in [0.29, 0.717) is 34.7 Å². The fourth-order valence-corrected chi connectivity index (χ4v) is 3.02. The third-order valence-corrected chi connectivity index (χ3v) is 4.47. The second kappa shape index (κ2) is 10.0. The monoisotopic (exact) mass is 414 g/mol. The normalized spacial score (nSPS) is 10.9. The summed E-state index contributed by atoms with van der Waals surface area (Å²) >= 11 is 5.92. The standard InChI is InChI=1S/C21H23ClN4O3/c1-3-12-26(13-19(27)23-17-6-4-5-7-18(17)28-2)14-20-24-21(25-29-20)15-8-10-16(22)11-9-15/h4-11H,3,12-14H2,1-2H3,(H,23,27). The number of hydrogen-bond donors (Lipinski definition) is 1. The van der Waals surface area contributed by atoms with Gasteiger partial charge in [-0.15, -0.1) is 0 Å². The Balaban J connectivity index is 1.64. The van der Waals surface area contributed by atoms with Crippen LogP contribution in [0.2, 0.25) is 5.02 Å². The van der Waals surface area contributed by atoms with Crippen LogP contribution < -0.4 is 10.1 Å². The van der Waals surface area contributed by atoms with Gasteiger partial charge in [0, 0.05) is 10.6 Å². The molecule has 7 nitrogen and oxygen atoms in total. The number of anilines is 1. The molecule has 0 spiro atoms. The molecule has 0 aliphatic heterocycles. The highest BCUT2D eigenvalue weighted by Crippen LogP contribution is 2.23. The van der Waals surface area contributed by atoms with Crippen molar-refractivity contribution in [3.63, 3.8) is 0 Å². The summed E-state index contributed by atoms with van der Waals surface area (Å²) < 4.78 is 10.7. The molecule has 0 fully saturated rings. The van der Waals surface area contributed by atoms with Crippen LogP contribution in [-0.2, 0) is 11.3 Å². The van der Waals surface area contributed by atoms with Gasteiger partial charge in [0.2, 0.25) is 17.6 Å². The number of nitrogens with one attached hydrogen (secondary N) is 1. The number of benzene rings is 2. The third-order valence-electron chi connectivity index (χ3n) is 4.22. The van der Waals surface area contributed by atoms with E-state index in [9.17, 15) is 4.79 Å². The highest BCUT2D eigenvalue weighted by atomic mass is 35.5. The molecule has 0 bridgehead atoms. The van der Waals surface area contributed by atoms with Gasteiger partial charge in [0.25, 0.3) is 0 Å². The first-order chi connectivity index (χ1) is 14.1. The van der Waals surface area contributed by atoms with Crippen molar-refractivity contribution in [2.75, 3.05) is 25.5 Å². The van der Waals surface area contributed by atoms with Crippen LogP contribution in [0.25, 0.3) is 11.4 Å². The fourth-order valence-electron chi connectivity index (χ4n) is 2.90. The molecule has 1 heterocycles. The number of halogens is 1. The Hall–Kier alpha value is -2.90. The summed E-state index contributed by atoms with van der Waals surface area (Å²) in [5, 5.41) is 7.56. The van der Waals surface area contributed by atoms with E-state index in [-0.39, 0.29) is 12.5 Å². The first-order valence-electron chi connectivity index (χ1n) is 9.32. The van der Waals surface area contributed by atoms with Gasteiger partial charge in [-0.05, 0) is 49.4 Å². The Morgan fingerprint density at radius 2 is 1.97 bits per heavy atom. The summed E-state index contributed by atoms with van der Waals surface area (Å²) in [4.78, 5) is 18.9. The molecule has 0 unspecified atom stereocenters. The summed E-state index contributed by atoms with van der Waals surface area (Å²) in [5.74, 6) is 1.42. The summed E-state index contributed by atoms with van der Waals surface area (Å²) in [7, 11) is 1.57. The number of para-hydroxylation sites is 2. The van der Waals surface area contributed by atoms with Crippen LogP contribution in [0.15, 0.2) is 53.1 Å². The minimum absolute atomic E-state index is 0.139. The zero-order valence-electron chi connectivity index (χ0n) is 16.4. The number of rotatable bonds is 9. The van der Waals surface area contributed by atoms with Gasteiger partial charge in [-0.1, -0.05) is 35.8 Å². The van der Waals surface area contributed by atoms with Crippen molar-refractivity contribution in [2.45, 2.75) is 19.9 Å². The molecular weight excluding hydrogens is 392 g/mol. The molecule has 0 radical (unpaired) electrons. The van der Waals surface area contributed by atoms with E-state index in [2.05, 4.69) is 22.4 Å². The lowest BCUT2D eigenvalue weighted by Gasteiger charge is -2.19. The summed E-state index contributed by atoms with van der Waals surface area (Å²) in [6, 6.07) is 14.5. The molecule has 1 amide bonds. The van der Waals surface area contributed by atoms with Crippen molar-refractivity contribution >= 4 is 23.2 Å². The SMILES string of the molecule is CCCN(CC(=O)Nc1ccccc1OC)Cc1nc(-c2ccc(Cl)cc2)no1. The molecule has 0 atom stereocenters. The summed E-state index contributed by atoms with van der Waals surface area (Å²) in [5.41, 5.74) is 1.46. The van der Waals surface area contributed by atoms with E-state index < -0.39 is 0 Å². The zero-order valence-corrected chi connectivity index (χ0v) is 17.1. The quantitative estimate of drug-likeness (QED) is 0.563. The number of ether oxygens (including phenoxy) is 1. The summed E-state index contributed by atoms with van der Waals surface area (Å²) in [6.07, 6.45) is 0.889. The predicted octanol–water partition coefficient (Wildman–Crippen LogP) is 4.25. The first kappa shape index (κ1) is 20.8. The van der Waals surface area contributed by atoms with Crippen molar-refractivity contribution < 1.29 is 14.1 Å². The van der Waals surface area contributed by atoms with Gasteiger partial charge in [-0.3, -0.25) is 9.69 Å². The van der Waals surface area contributed by atoms with Crippen LogP contribution in [0, 0.1) is 0 Å². The number of carbonyl (C=O) groups is 1. The Kier molecular flexibility index (Phi) is 7.21. The van der Waals surface area contributed by atoms with E-state index in [0.717, 1.165) is 18.5 Å². The van der Waals surface area contributed by atoms with E-state index in [1.54, 1.807) is 31.4 Å². The number of hydrogen-bond acceptors (Lipinski definition) is 6. The topological polar surface area (TPSA) is 80.5 Å². The molecule has 3 aromatic rings. The Morgan fingerprint density at radius 3 is 2.69 bits per heavy atom. The van der Waals surface area contributed by atoms with E-state index in [1.165, 1.54) is 0 Å². The average molecular weight is 415 g/mol. The third kappa shape index (κ3) is 5.79. The van der Waals surface area contributed by atoms with Gasteiger partial charge >= 0.3 is 0 Å². The van der Waals surface area contributed by atoms with Gasteiger partial charge < -0.3 is 14.6 Å². The summed E-state index contributed by atoms with van der Waals surface area (Å²) in [6.45, 7) is 3.36. The van der Waals surface area contributed by atoms with Crippen LogP contribution in [0.1, 0.15) is 19.2 Å². The Labute approximate surface area is 174 Å². The lowest BCUT2D eigenvalue weighted by atomic mass is 10.2. The molecule has 2 aromatic carbocycles. The molecule has 8 heteroatoms. The molecule has 1 aromatic heterocycles. The van der Waals surface area contributed by atoms with Crippen molar-refractivity contribution in [3.05, 3.63) is 59.4 Å². The van der Waals surface area contributed by atoms with Crippen molar-refractivity contribution in [1.29, 1.82) is 0 Å². The molecule has 0 aliphatic rings. The largest absolute Gasteiger partial charge is 0.495 e. The highest BCUT2D eigenvalue weighted by molar-refractivity contribution is 6.30. The predicted molar refractivity (Wildman–Crippen MR) is 112 cm³/mol. The maximum atomic E-state index is 12.5. The molecule has 152 valence electrons. The molecule has 29 heavy (non-hydrogen) atoms. The Bertz CT molecular complexity index is 943. The molecule has 3 rings (SSSR count). The number of nitrogens with zero attached hydrogens (tertiary/aromatic N) is 3. The lowest BCUT2D eigenvalue weighted by molar-refractivity contribution is -0.117. The van der Waals surface area contributed by atoms with Gasteiger partial charge in [-0.2, -0.15) is 4.98 Å². The van der Waals surface area contributed by atoms with Crippen molar-refractivity contribution in [2.24, 2.45) is 0 Å². The van der Waals surface area contributed by atoms with Gasteiger partial charge in [0.15, 0.2) is 0 Å². The van der Waals surface area contributed by atoms with Gasteiger partial charge in [0.1, 0.15) is 5.75 Å². The molecule has 0 saturated carbocycles. The Morgan fingerprint density at radius 1 is 1.21 bits per heavy atom. The van der Waals surface area contributed by atoms with Crippen LogP contribution in [0.5, 0.6) is 5.75 Å². The molecular formula is C21H23ClN4O3. The lowest BCUT2D eigenvalue weighted by Crippen LogP contribution is -2.33. The van der Waals surface area contributed by atoms with Crippen molar-refractivity contribution in [1.82, 2.24) is 15.0 Å². The minimum atomic E-state index is -0.139. The maximum Gasteiger partial charge on any atom is 0.241 e. The number of methoxy groups -OCH3 is 1. The minimum Gasteiger partial charge on any atom is -0.495 e. The number of amides is 1. The van der Waals surface area contributed by atoms with E-state index >= 15 is 0 Å². The average Bonchev–Trinajstić information content (AvgIpc) is 3.17. The number of aromatic nitrogens is 2. The van der Waals surface area contributed by atoms with E-state index in [4.69, 9.17) is 20.9 Å². The van der Waals surface area contributed by atoms with E-state index in [1.807, 2.05) is 29.2 Å². The van der Waals surface area contributed by atoms with Crippen LogP contribution in [0.4, 0.5) is 5.69 Å². The highest BCUT2D eigenvalue weighted by Gasteiger charge is 2.16. The second-order valence-corrected chi connectivity index (χ2v) is 6.91. The number of carbonyl (C=O) groups excluding carboxylic acids is 1. The maximum absolute atomic E-state index is 12.5. The fraction of sp³-hybridized carbons (Fsp3) is 0.286.